The van der Waals surface area contributed by atoms with Crippen molar-refractivity contribution in [2.45, 2.75) is 26.2 Å². The van der Waals surface area contributed by atoms with Gasteiger partial charge >= 0.3 is 0 Å². The molecule has 0 bridgehead atoms. The first-order chi connectivity index (χ1) is 12.5. The van der Waals surface area contributed by atoms with Gasteiger partial charge in [-0.25, -0.2) is 0 Å². The Morgan fingerprint density at radius 2 is 1.70 bits per heavy atom. The predicted octanol–water partition coefficient (Wildman–Crippen LogP) is 2.55. The molecule has 0 radical (unpaired) electrons. The number of carbonyl (C=O) groups excluding carboxylic acids is 2. The topological polar surface area (TPSA) is 79.9 Å². The highest BCUT2D eigenvalue weighted by atomic mass is 35.5. The van der Waals surface area contributed by atoms with Gasteiger partial charge in [-0.2, -0.15) is 0 Å². The Kier molecular flexibility index (Phi) is 9.38. The monoisotopic (exact) mass is 399 g/mol. The van der Waals surface area contributed by atoms with Crippen molar-refractivity contribution >= 4 is 29.9 Å². The van der Waals surface area contributed by atoms with Gasteiger partial charge in [-0.1, -0.05) is 6.92 Å². The molecule has 27 heavy (non-hydrogen) atoms. The SMILES string of the molecule is CNCC(C)C(=O)Nc1cc(OC)c(OC)cc1C(=O)N1CCCCC1.Cl. The number of hydrogen-bond donors (Lipinski definition) is 2. The van der Waals surface area contributed by atoms with Gasteiger partial charge in [-0.15, -0.1) is 12.4 Å². The number of carbonyl (C=O) groups is 2. The van der Waals surface area contributed by atoms with E-state index in [0.717, 1.165) is 32.4 Å². The summed E-state index contributed by atoms with van der Waals surface area (Å²) in [5, 5.41) is 5.86. The molecule has 0 aliphatic carbocycles. The summed E-state index contributed by atoms with van der Waals surface area (Å²) < 4.78 is 10.7. The fourth-order valence-corrected chi connectivity index (χ4v) is 3.08. The second-order valence-electron chi connectivity index (χ2n) is 6.55. The highest BCUT2D eigenvalue weighted by Gasteiger charge is 2.25. The van der Waals surface area contributed by atoms with Crippen molar-refractivity contribution in [3.05, 3.63) is 17.7 Å². The van der Waals surface area contributed by atoms with E-state index in [1.165, 1.54) is 14.2 Å². The highest BCUT2D eigenvalue weighted by Crippen LogP contribution is 2.34. The summed E-state index contributed by atoms with van der Waals surface area (Å²) in [5.41, 5.74) is 0.876. The van der Waals surface area contributed by atoms with Crippen molar-refractivity contribution in [2.75, 3.05) is 46.2 Å². The first-order valence-electron chi connectivity index (χ1n) is 9.02. The van der Waals surface area contributed by atoms with Crippen molar-refractivity contribution in [1.29, 1.82) is 0 Å². The average Bonchev–Trinajstić information content (AvgIpc) is 2.67. The van der Waals surface area contributed by atoms with Crippen LogP contribution in [0.4, 0.5) is 5.69 Å². The maximum atomic E-state index is 13.0. The molecule has 1 atom stereocenters. The predicted molar refractivity (Wildman–Crippen MR) is 108 cm³/mol. The Hall–Kier alpha value is -1.99. The molecule has 1 aliphatic heterocycles. The fraction of sp³-hybridized carbons (Fsp3) is 0.579. The lowest BCUT2D eigenvalue weighted by atomic mass is 10.1. The molecule has 2 rings (SSSR count). The van der Waals surface area contributed by atoms with Gasteiger partial charge in [0.15, 0.2) is 11.5 Å². The van der Waals surface area contributed by atoms with Gasteiger partial charge in [-0.05, 0) is 32.4 Å². The molecule has 1 unspecified atom stereocenters. The van der Waals surface area contributed by atoms with E-state index in [1.54, 1.807) is 19.2 Å². The van der Waals surface area contributed by atoms with E-state index in [0.29, 0.717) is 29.3 Å². The first-order valence-corrected chi connectivity index (χ1v) is 9.02. The molecule has 0 spiro atoms. The minimum absolute atomic E-state index is 0. The zero-order valence-corrected chi connectivity index (χ0v) is 17.3. The van der Waals surface area contributed by atoms with E-state index in [4.69, 9.17) is 9.47 Å². The van der Waals surface area contributed by atoms with E-state index in [-0.39, 0.29) is 30.1 Å². The van der Waals surface area contributed by atoms with Crippen LogP contribution in [0.5, 0.6) is 11.5 Å². The van der Waals surface area contributed by atoms with Crippen LogP contribution in [0.1, 0.15) is 36.5 Å². The lowest BCUT2D eigenvalue weighted by molar-refractivity contribution is -0.119. The van der Waals surface area contributed by atoms with Crippen LogP contribution in [0.25, 0.3) is 0 Å². The molecule has 2 amide bonds. The van der Waals surface area contributed by atoms with E-state index in [9.17, 15) is 9.59 Å². The van der Waals surface area contributed by atoms with Gasteiger partial charge in [0, 0.05) is 31.6 Å². The number of nitrogens with one attached hydrogen (secondary N) is 2. The summed E-state index contributed by atoms with van der Waals surface area (Å²) in [6.45, 7) is 3.85. The number of rotatable bonds is 7. The van der Waals surface area contributed by atoms with Gasteiger partial charge in [-0.3, -0.25) is 9.59 Å². The zero-order valence-electron chi connectivity index (χ0n) is 16.5. The smallest absolute Gasteiger partial charge is 0.256 e. The summed E-state index contributed by atoms with van der Waals surface area (Å²) in [6, 6.07) is 3.30. The number of piperidine rings is 1. The van der Waals surface area contributed by atoms with Crippen molar-refractivity contribution in [2.24, 2.45) is 5.92 Å². The molecule has 1 saturated heterocycles. The number of likely N-dealkylation sites (tertiary alicyclic amines) is 1. The second kappa shape index (κ2) is 11.0. The molecule has 1 aliphatic rings. The Morgan fingerprint density at radius 3 is 2.26 bits per heavy atom. The number of anilines is 1. The Morgan fingerprint density at radius 1 is 1.11 bits per heavy atom. The summed E-state index contributed by atoms with van der Waals surface area (Å²) in [4.78, 5) is 27.3. The molecular weight excluding hydrogens is 370 g/mol. The van der Waals surface area contributed by atoms with Crippen LogP contribution in [0.2, 0.25) is 0 Å². The van der Waals surface area contributed by atoms with Crippen LogP contribution in [0, 0.1) is 5.92 Å². The van der Waals surface area contributed by atoms with E-state index >= 15 is 0 Å². The van der Waals surface area contributed by atoms with Gasteiger partial charge in [0.25, 0.3) is 5.91 Å². The van der Waals surface area contributed by atoms with Crippen LogP contribution in [-0.4, -0.2) is 57.6 Å². The Labute approximate surface area is 167 Å². The Bertz CT molecular complexity index is 648. The lowest BCUT2D eigenvalue weighted by Crippen LogP contribution is -2.36. The van der Waals surface area contributed by atoms with E-state index in [2.05, 4.69) is 10.6 Å². The van der Waals surface area contributed by atoms with Crippen LogP contribution in [0.3, 0.4) is 0 Å². The van der Waals surface area contributed by atoms with Crippen LogP contribution >= 0.6 is 12.4 Å². The first kappa shape index (κ1) is 23.0. The maximum Gasteiger partial charge on any atom is 0.256 e. The van der Waals surface area contributed by atoms with Crippen LogP contribution in [-0.2, 0) is 4.79 Å². The molecule has 152 valence electrons. The van der Waals surface area contributed by atoms with Crippen LogP contribution in [0.15, 0.2) is 12.1 Å². The molecule has 1 heterocycles. The number of nitrogens with zero attached hydrogens (tertiary/aromatic N) is 1. The number of methoxy groups -OCH3 is 2. The minimum Gasteiger partial charge on any atom is -0.493 e. The average molecular weight is 400 g/mol. The molecule has 7 nitrogen and oxygen atoms in total. The molecule has 0 saturated carbocycles. The third-order valence-corrected chi connectivity index (χ3v) is 4.61. The minimum atomic E-state index is -0.231. The second-order valence-corrected chi connectivity index (χ2v) is 6.55. The van der Waals surface area contributed by atoms with Crippen LogP contribution < -0.4 is 20.1 Å². The van der Waals surface area contributed by atoms with Gasteiger partial charge < -0.3 is 25.0 Å². The number of ether oxygens (including phenoxy) is 2. The van der Waals surface area contributed by atoms with Gasteiger partial charge in [0.05, 0.1) is 25.5 Å². The number of halogens is 1. The van der Waals surface area contributed by atoms with Gasteiger partial charge in [0.1, 0.15) is 0 Å². The third-order valence-electron chi connectivity index (χ3n) is 4.61. The van der Waals surface area contributed by atoms with Crippen molar-refractivity contribution < 1.29 is 19.1 Å². The lowest BCUT2D eigenvalue weighted by Gasteiger charge is -2.28. The number of amides is 2. The van der Waals surface area contributed by atoms with E-state index in [1.807, 2.05) is 11.8 Å². The summed E-state index contributed by atoms with van der Waals surface area (Å²) in [7, 11) is 4.85. The molecule has 1 fully saturated rings. The summed E-state index contributed by atoms with van der Waals surface area (Å²) >= 11 is 0. The van der Waals surface area contributed by atoms with Crippen molar-refractivity contribution in [3.8, 4) is 11.5 Å². The number of benzene rings is 1. The van der Waals surface area contributed by atoms with Crippen molar-refractivity contribution in [1.82, 2.24) is 10.2 Å². The molecule has 0 aromatic heterocycles. The zero-order chi connectivity index (χ0) is 19.1. The molecular formula is C19H30ClN3O4. The normalized spacial score (nSPS) is 14.7. The van der Waals surface area contributed by atoms with Gasteiger partial charge in [0.2, 0.25) is 5.91 Å². The summed E-state index contributed by atoms with van der Waals surface area (Å²) in [6.07, 6.45) is 3.14. The Balaban J connectivity index is 0.00000364. The quantitative estimate of drug-likeness (QED) is 0.736. The largest absolute Gasteiger partial charge is 0.493 e. The highest BCUT2D eigenvalue weighted by molar-refractivity contribution is 6.05. The standard InChI is InChI=1S/C19H29N3O4.ClH/c1-13(12-20-2)18(23)21-15-11-17(26-4)16(25-3)10-14(15)19(24)22-8-6-5-7-9-22;/h10-11,13,20H,5-9,12H2,1-4H3,(H,21,23);1H. The molecule has 2 N–H and O–H groups in total. The summed E-state index contributed by atoms with van der Waals surface area (Å²) in [5.74, 6) is 0.459. The molecule has 1 aromatic rings. The maximum absolute atomic E-state index is 13.0. The van der Waals surface area contributed by atoms with Crippen molar-refractivity contribution in [3.63, 3.8) is 0 Å². The number of hydrogen-bond acceptors (Lipinski definition) is 5. The van der Waals surface area contributed by atoms with E-state index < -0.39 is 0 Å². The molecule has 1 aromatic carbocycles. The fourth-order valence-electron chi connectivity index (χ4n) is 3.08. The molecule has 8 heteroatoms. The third kappa shape index (κ3) is 5.74.